The summed E-state index contributed by atoms with van der Waals surface area (Å²) in [5, 5.41) is 3.43. The van der Waals surface area contributed by atoms with E-state index in [9.17, 15) is 13.2 Å². The summed E-state index contributed by atoms with van der Waals surface area (Å²) in [5.74, 6) is -0.144. The van der Waals surface area contributed by atoms with Gasteiger partial charge < -0.3 is 10.2 Å². The molecule has 0 saturated carbocycles. The molecule has 1 aliphatic heterocycles. The highest BCUT2D eigenvalue weighted by Crippen LogP contribution is 2.26. The number of likely N-dealkylation sites (tertiary alicyclic amines) is 1. The van der Waals surface area contributed by atoms with Crippen LogP contribution in [-0.2, 0) is 10.0 Å². The monoisotopic (exact) mass is 449 g/mol. The Morgan fingerprint density at radius 1 is 1.13 bits per heavy atom. The van der Waals surface area contributed by atoms with E-state index in [0.29, 0.717) is 28.4 Å². The molecule has 0 unspecified atom stereocenters. The Kier molecular flexibility index (Phi) is 7.39. The Bertz CT molecular complexity index is 987. The lowest BCUT2D eigenvalue weighted by Crippen LogP contribution is -2.29. The number of halogens is 1. The molecule has 8 heteroatoms. The highest BCUT2D eigenvalue weighted by atomic mass is 35.5. The van der Waals surface area contributed by atoms with Gasteiger partial charge in [-0.3, -0.25) is 9.10 Å². The van der Waals surface area contributed by atoms with Crippen LogP contribution >= 0.6 is 11.6 Å². The Balaban J connectivity index is 1.63. The molecule has 0 aliphatic carbocycles. The van der Waals surface area contributed by atoms with Crippen LogP contribution in [0.2, 0.25) is 5.02 Å². The van der Waals surface area contributed by atoms with E-state index in [0.717, 1.165) is 26.1 Å². The highest BCUT2D eigenvalue weighted by Gasteiger charge is 2.23. The van der Waals surface area contributed by atoms with Gasteiger partial charge in [0.05, 0.1) is 10.6 Å². The predicted octanol–water partition coefficient (Wildman–Crippen LogP) is 3.69. The topological polar surface area (TPSA) is 69.7 Å². The van der Waals surface area contributed by atoms with Gasteiger partial charge in [0, 0.05) is 24.2 Å². The van der Waals surface area contributed by atoms with Gasteiger partial charge in [0.15, 0.2) is 0 Å². The Morgan fingerprint density at radius 2 is 1.80 bits per heavy atom. The van der Waals surface area contributed by atoms with Crippen LogP contribution in [0.1, 0.15) is 35.2 Å². The molecular weight excluding hydrogens is 422 g/mol. The fourth-order valence-corrected chi connectivity index (χ4v) is 5.04. The van der Waals surface area contributed by atoms with E-state index < -0.39 is 10.0 Å². The van der Waals surface area contributed by atoms with Gasteiger partial charge in [0.1, 0.15) is 0 Å². The van der Waals surface area contributed by atoms with Crippen molar-refractivity contribution < 1.29 is 13.2 Å². The van der Waals surface area contributed by atoms with Crippen LogP contribution in [-0.4, -0.2) is 52.5 Å². The quantitative estimate of drug-likeness (QED) is 0.624. The number of anilines is 1. The molecule has 0 radical (unpaired) electrons. The molecule has 3 rings (SSSR count). The average Bonchev–Trinajstić information content (AvgIpc) is 3.24. The third kappa shape index (κ3) is 5.33. The van der Waals surface area contributed by atoms with Crippen molar-refractivity contribution in [1.29, 1.82) is 0 Å². The molecule has 1 fully saturated rings. The van der Waals surface area contributed by atoms with E-state index in [-0.39, 0.29) is 10.8 Å². The number of carbonyl (C=O) groups is 1. The number of benzene rings is 2. The van der Waals surface area contributed by atoms with Crippen LogP contribution < -0.4 is 9.62 Å². The van der Waals surface area contributed by atoms with Gasteiger partial charge in [-0.1, -0.05) is 11.6 Å². The van der Waals surface area contributed by atoms with Crippen LogP contribution in [0.5, 0.6) is 0 Å². The summed E-state index contributed by atoms with van der Waals surface area (Å²) in [5.41, 5.74) is 1.75. The van der Waals surface area contributed by atoms with Gasteiger partial charge in [-0.15, -0.1) is 0 Å². The Morgan fingerprint density at radius 3 is 2.43 bits per heavy atom. The maximum atomic E-state index is 12.9. The number of rotatable bonds is 8. The number of amides is 1. The maximum absolute atomic E-state index is 12.9. The fraction of sp³-hybridized carbons (Fsp3) is 0.409. The first-order valence-electron chi connectivity index (χ1n) is 10.1. The molecule has 1 saturated heterocycles. The lowest BCUT2D eigenvalue weighted by Gasteiger charge is -2.22. The number of nitrogens with zero attached hydrogens (tertiary/aromatic N) is 2. The fourth-order valence-electron chi connectivity index (χ4n) is 3.66. The summed E-state index contributed by atoms with van der Waals surface area (Å²) in [6.45, 7) is 5.74. The number of sulfonamides is 1. The van der Waals surface area contributed by atoms with E-state index in [2.05, 4.69) is 10.2 Å². The van der Waals surface area contributed by atoms with E-state index >= 15 is 0 Å². The Hall–Kier alpha value is -2.09. The van der Waals surface area contributed by atoms with E-state index in [4.69, 9.17) is 11.6 Å². The third-order valence-corrected chi connectivity index (χ3v) is 7.44. The smallest absolute Gasteiger partial charge is 0.264 e. The third-order valence-electron chi connectivity index (χ3n) is 5.41. The first-order chi connectivity index (χ1) is 14.3. The SMILES string of the molecule is Cc1cc(C(=O)NCCCN2CCCC2)ccc1N(C)S(=O)(=O)c1ccc(Cl)cc1. The van der Waals surface area contributed by atoms with Crippen molar-refractivity contribution >= 4 is 33.2 Å². The minimum atomic E-state index is -3.72. The second-order valence-electron chi connectivity index (χ2n) is 7.59. The van der Waals surface area contributed by atoms with Crippen molar-refractivity contribution in [1.82, 2.24) is 10.2 Å². The second kappa shape index (κ2) is 9.81. The molecule has 1 amide bonds. The van der Waals surface area contributed by atoms with Crippen molar-refractivity contribution in [3.05, 3.63) is 58.6 Å². The highest BCUT2D eigenvalue weighted by molar-refractivity contribution is 7.92. The molecule has 1 heterocycles. The molecule has 0 aromatic heterocycles. The van der Waals surface area contributed by atoms with Crippen molar-refractivity contribution in [2.75, 3.05) is 37.5 Å². The standard InChI is InChI=1S/C22H28ClN3O3S/c1-17-16-18(22(27)24-12-5-15-26-13-3-4-14-26)6-11-21(17)25(2)30(28,29)20-9-7-19(23)8-10-20/h6-11,16H,3-5,12-15H2,1-2H3,(H,24,27). The summed E-state index contributed by atoms with van der Waals surface area (Å²) in [6.07, 6.45) is 3.45. The van der Waals surface area contributed by atoms with Crippen LogP contribution in [0.4, 0.5) is 5.69 Å². The molecule has 2 aromatic carbocycles. The van der Waals surface area contributed by atoms with E-state index in [1.54, 1.807) is 37.3 Å². The number of hydrogen-bond acceptors (Lipinski definition) is 4. The second-order valence-corrected chi connectivity index (χ2v) is 9.99. The normalized spacial score (nSPS) is 14.6. The predicted molar refractivity (Wildman–Crippen MR) is 121 cm³/mol. The van der Waals surface area contributed by atoms with Gasteiger partial charge in [-0.25, -0.2) is 8.42 Å². The van der Waals surface area contributed by atoms with Crippen molar-refractivity contribution in [3.63, 3.8) is 0 Å². The van der Waals surface area contributed by atoms with Gasteiger partial charge in [-0.05, 0) is 93.8 Å². The summed E-state index contributed by atoms with van der Waals surface area (Å²) in [4.78, 5) is 15.0. The van der Waals surface area contributed by atoms with Gasteiger partial charge >= 0.3 is 0 Å². The Labute approximate surface area is 183 Å². The van der Waals surface area contributed by atoms with E-state index in [1.807, 2.05) is 0 Å². The zero-order valence-corrected chi connectivity index (χ0v) is 19.0. The summed E-state index contributed by atoms with van der Waals surface area (Å²) in [7, 11) is -2.22. The zero-order valence-electron chi connectivity index (χ0n) is 17.4. The average molecular weight is 450 g/mol. The first-order valence-corrected chi connectivity index (χ1v) is 12.0. The summed E-state index contributed by atoms with van der Waals surface area (Å²) >= 11 is 5.86. The molecular formula is C22H28ClN3O3S. The minimum Gasteiger partial charge on any atom is -0.352 e. The number of carbonyl (C=O) groups excluding carboxylic acids is 1. The molecule has 162 valence electrons. The van der Waals surface area contributed by atoms with Crippen LogP contribution in [0.15, 0.2) is 47.4 Å². The molecule has 1 N–H and O–H groups in total. The summed E-state index contributed by atoms with van der Waals surface area (Å²) < 4.78 is 27.0. The minimum absolute atomic E-state index is 0.144. The van der Waals surface area contributed by atoms with Gasteiger partial charge in [0.2, 0.25) is 0 Å². The van der Waals surface area contributed by atoms with Crippen LogP contribution in [0.25, 0.3) is 0 Å². The molecule has 1 aliphatic rings. The number of nitrogens with one attached hydrogen (secondary N) is 1. The lowest BCUT2D eigenvalue weighted by molar-refractivity contribution is 0.0952. The number of aryl methyl sites for hydroxylation is 1. The van der Waals surface area contributed by atoms with Crippen molar-refractivity contribution in [2.24, 2.45) is 0 Å². The molecule has 0 atom stereocenters. The lowest BCUT2D eigenvalue weighted by atomic mass is 10.1. The van der Waals surface area contributed by atoms with E-state index in [1.165, 1.54) is 36.3 Å². The summed E-state index contributed by atoms with van der Waals surface area (Å²) in [6, 6.07) is 11.1. The molecule has 6 nitrogen and oxygen atoms in total. The number of hydrogen-bond donors (Lipinski definition) is 1. The maximum Gasteiger partial charge on any atom is 0.264 e. The largest absolute Gasteiger partial charge is 0.352 e. The zero-order chi connectivity index (χ0) is 21.7. The van der Waals surface area contributed by atoms with Crippen molar-refractivity contribution in [3.8, 4) is 0 Å². The van der Waals surface area contributed by atoms with Gasteiger partial charge in [-0.2, -0.15) is 0 Å². The van der Waals surface area contributed by atoms with Crippen LogP contribution in [0, 0.1) is 6.92 Å². The molecule has 0 bridgehead atoms. The first kappa shape index (κ1) is 22.6. The molecule has 0 spiro atoms. The van der Waals surface area contributed by atoms with Gasteiger partial charge in [0.25, 0.3) is 15.9 Å². The molecule has 30 heavy (non-hydrogen) atoms. The van der Waals surface area contributed by atoms with Crippen molar-refractivity contribution in [2.45, 2.75) is 31.1 Å². The molecule has 2 aromatic rings. The van der Waals surface area contributed by atoms with Crippen LogP contribution in [0.3, 0.4) is 0 Å².